The third kappa shape index (κ3) is 2.97. The number of nitrogens with zero attached hydrogens (tertiary/aromatic N) is 4. The van der Waals surface area contributed by atoms with E-state index in [4.69, 9.17) is 16.3 Å². The van der Waals surface area contributed by atoms with Crippen LogP contribution in [0.4, 0.5) is 5.69 Å². The van der Waals surface area contributed by atoms with Crippen molar-refractivity contribution < 1.29 is 4.74 Å². The molecule has 2 aromatic carbocycles. The van der Waals surface area contributed by atoms with Gasteiger partial charge in [-0.25, -0.2) is 9.80 Å². The molecular formula is C19H19ClN4O2. The summed E-state index contributed by atoms with van der Waals surface area (Å²) in [7, 11) is 0. The van der Waals surface area contributed by atoms with Crippen LogP contribution in [0.15, 0.2) is 58.4 Å². The van der Waals surface area contributed by atoms with Crippen molar-refractivity contribution in [2.75, 3.05) is 17.6 Å². The number of imidazole rings is 1. The molecule has 1 aliphatic heterocycles. The minimum absolute atomic E-state index is 0.0379. The molecule has 4 rings (SSSR count). The highest BCUT2D eigenvalue weighted by atomic mass is 35.5. The van der Waals surface area contributed by atoms with E-state index in [0.29, 0.717) is 31.6 Å². The third-order valence-electron chi connectivity index (χ3n) is 4.47. The number of hydrogen-bond acceptors (Lipinski definition) is 4. The normalized spacial score (nSPS) is 13.9. The molecule has 0 aliphatic carbocycles. The largest absolute Gasteiger partial charge is 0.457 e. The molecule has 1 aromatic heterocycles. The van der Waals surface area contributed by atoms with Gasteiger partial charge in [-0.3, -0.25) is 9.13 Å². The highest BCUT2D eigenvalue weighted by Gasteiger charge is 2.15. The Morgan fingerprint density at radius 3 is 2.38 bits per heavy atom. The van der Waals surface area contributed by atoms with Crippen molar-refractivity contribution in [3.63, 3.8) is 0 Å². The number of anilines is 1. The molecule has 0 spiro atoms. The van der Waals surface area contributed by atoms with Gasteiger partial charge in [0, 0.05) is 19.3 Å². The van der Waals surface area contributed by atoms with Gasteiger partial charge in [-0.15, -0.1) is 16.7 Å². The molecule has 0 radical (unpaired) electrons. The quantitative estimate of drug-likeness (QED) is 0.648. The van der Waals surface area contributed by atoms with Gasteiger partial charge < -0.3 is 4.74 Å². The molecule has 0 saturated carbocycles. The number of aromatic nitrogens is 2. The van der Waals surface area contributed by atoms with Gasteiger partial charge in [0.15, 0.2) is 6.73 Å². The molecule has 0 amide bonds. The maximum atomic E-state index is 12.8. The first-order valence-electron chi connectivity index (χ1n) is 8.46. The Morgan fingerprint density at radius 2 is 1.77 bits per heavy atom. The second-order valence-electron chi connectivity index (χ2n) is 6.16. The number of ether oxygens (including phenoxy) is 1. The van der Waals surface area contributed by atoms with Crippen LogP contribution in [-0.2, 0) is 17.8 Å². The number of fused-ring (bicyclic) bond motifs is 1. The van der Waals surface area contributed by atoms with Crippen LogP contribution in [-0.4, -0.2) is 27.6 Å². The summed E-state index contributed by atoms with van der Waals surface area (Å²) in [6, 6.07) is 15.8. The highest BCUT2D eigenvalue weighted by Crippen LogP contribution is 2.20. The van der Waals surface area contributed by atoms with Crippen molar-refractivity contribution in [1.29, 1.82) is 0 Å². The molecular weight excluding hydrogens is 352 g/mol. The summed E-state index contributed by atoms with van der Waals surface area (Å²) in [6.07, 6.45) is 0. The SMILES string of the molecule is CC1=NN(c2ccc(Cn3c(=O)n(CCCl)c4ccccc43)cc2)CO1. The van der Waals surface area contributed by atoms with Gasteiger partial charge in [0.2, 0.25) is 5.90 Å². The standard InChI is InChI=1S/C19H19ClN4O2/c1-14-21-24(13-26-14)16-8-6-15(7-9-16)12-23-18-5-3-2-4-17(18)22(11-10-20)19(23)25/h2-9H,10-13H2,1H3. The van der Waals surface area contributed by atoms with Crippen LogP contribution in [0.25, 0.3) is 11.0 Å². The molecule has 1 aliphatic rings. The van der Waals surface area contributed by atoms with E-state index in [1.807, 2.05) is 55.5 Å². The predicted octanol–water partition coefficient (Wildman–Crippen LogP) is 3.22. The monoisotopic (exact) mass is 370 g/mol. The number of halogens is 1. The Labute approximate surface area is 155 Å². The van der Waals surface area contributed by atoms with Gasteiger partial charge >= 0.3 is 5.69 Å². The number of rotatable bonds is 5. The molecule has 3 aromatic rings. The molecule has 7 heteroatoms. The van der Waals surface area contributed by atoms with Crippen LogP contribution in [0, 0.1) is 0 Å². The summed E-state index contributed by atoms with van der Waals surface area (Å²) in [5, 5.41) is 6.11. The summed E-state index contributed by atoms with van der Waals surface area (Å²) in [6.45, 7) is 3.26. The maximum absolute atomic E-state index is 12.8. The first-order valence-corrected chi connectivity index (χ1v) is 8.99. The number of hydrogen-bond donors (Lipinski definition) is 0. The van der Waals surface area contributed by atoms with Crippen LogP contribution in [0.1, 0.15) is 12.5 Å². The summed E-state index contributed by atoms with van der Waals surface area (Å²) >= 11 is 5.87. The van der Waals surface area contributed by atoms with Gasteiger partial charge in [0.05, 0.1) is 23.3 Å². The summed E-state index contributed by atoms with van der Waals surface area (Å²) in [4.78, 5) is 12.8. The molecule has 0 fully saturated rings. The van der Waals surface area contributed by atoms with E-state index in [0.717, 1.165) is 22.3 Å². The first kappa shape index (κ1) is 16.7. The lowest BCUT2D eigenvalue weighted by atomic mass is 10.2. The lowest BCUT2D eigenvalue weighted by Gasteiger charge is -2.12. The summed E-state index contributed by atoms with van der Waals surface area (Å²) < 4.78 is 8.87. The molecule has 2 heterocycles. The number of para-hydroxylation sites is 2. The molecule has 6 nitrogen and oxygen atoms in total. The predicted molar refractivity (Wildman–Crippen MR) is 104 cm³/mol. The minimum atomic E-state index is -0.0379. The van der Waals surface area contributed by atoms with E-state index in [9.17, 15) is 4.79 Å². The van der Waals surface area contributed by atoms with E-state index >= 15 is 0 Å². The second kappa shape index (κ2) is 6.88. The van der Waals surface area contributed by atoms with Crippen LogP contribution < -0.4 is 10.7 Å². The number of benzene rings is 2. The fourth-order valence-electron chi connectivity index (χ4n) is 3.20. The zero-order valence-corrected chi connectivity index (χ0v) is 15.2. The fraction of sp³-hybridized carbons (Fsp3) is 0.263. The van der Waals surface area contributed by atoms with E-state index < -0.39 is 0 Å². The van der Waals surface area contributed by atoms with Gasteiger partial charge in [0.25, 0.3) is 0 Å². The van der Waals surface area contributed by atoms with Gasteiger partial charge in [-0.05, 0) is 29.8 Å². The van der Waals surface area contributed by atoms with Crippen molar-refractivity contribution in [2.45, 2.75) is 20.0 Å². The van der Waals surface area contributed by atoms with Crippen LogP contribution in [0.3, 0.4) is 0 Å². The second-order valence-corrected chi connectivity index (χ2v) is 6.53. The van der Waals surface area contributed by atoms with Crippen molar-refractivity contribution in [2.24, 2.45) is 5.10 Å². The maximum Gasteiger partial charge on any atom is 0.329 e. The molecule has 0 N–H and O–H groups in total. The molecule has 0 unspecified atom stereocenters. The van der Waals surface area contributed by atoms with E-state index in [1.165, 1.54) is 0 Å². The zero-order chi connectivity index (χ0) is 18.1. The van der Waals surface area contributed by atoms with Gasteiger partial charge in [-0.1, -0.05) is 24.3 Å². The number of aryl methyl sites for hydroxylation is 1. The zero-order valence-electron chi connectivity index (χ0n) is 14.4. The third-order valence-corrected chi connectivity index (χ3v) is 4.63. The van der Waals surface area contributed by atoms with Gasteiger partial charge in [0.1, 0.15) is 0 Å². The average Bonchev–Trinajstić information content (AvgIpc) is 3.20. The Bertz CT molecular complexity index is 1020. The van der Waals surface area contributed by atoms with Crippen molar-refractivity contribution in [1.82, 2.24) is 9.13 Å². The topological polar surface area (TPSA) is 51.8 Å². The van der Waals surface area contributed by atoms with Crippen molar-refractivity contribution >= 4 is 34.2 Å². The van der Waals surface area contributed by atoms with E-state index in [2.05, 4.69) is 5.10 Å². The van der Waals surface area contributed by atoms with Crippen LogP contribution in [0.2, 0.25) is 0 Å². The minimum Gasteiger partial charge on any atom is -0.457 e. The Morgan fingerprint density at radius 1 is 1.08 bits per heavy atom. The van der Waals surface area contributed by atoms with E-state index in [-0.39, 0.29) is 5.69 Å². The highest BCUT2D eigenvalue weighted by molar-refractivity contribution is 6.17. The average molecular weight is 371 g/mol. The van der Waals surface area contributed by atoms with Crippen molar-refractivity contribution in [3.8, 4) is 0 Å². The van der Waals surface area contributed by atoms with E-state index in [1.54, 1.807) is 14.1 Å². The van der Waals surface area contributed by atoms with Crippen LogP contribution in [0.5, 0.6) is 0 Å². The fourth-order valence-corrected chi connectivity index (χ4v) is 3.37. The first-order chi connectivity index (χ1) is 12.7. The number of hydrazone groups is 1. The Balaban J connectivity index is 1.65. The molecule has 134 valence electrons. The Hall–Kier alpha value is -2.73. The molecule has 26 heavy (non-hydrogen) atoms. The van der Waals surface area contributed by atoms with Crippen molar-refractivity contribution in [3.05, 3.63) is 64.6 Å². The van der Waals surface area contributed by atoms with Gasteiger partial charge in [-0.2, -0.15) is 0 Å². The Kier molecular flexibility index (Phi) is 4.42. The molecule has 0 bridgehead atoms. The number of alkyl halides is 1. The lowest BCUT2D eigenvalue weighted by molar-refractivity contribution is 0.335. The molecule has 0 saturated heterocycles. The smallest absolute Gasteiger partial charge is 0.329 e. The summed E-state index contributed by atoms with van der Waals surface area (Å²) in [5.41, 5.74) is 3.80. The molecule has 0 atom stereocenters. The van der Waals surface area contributed by atoms with Crippen LogP contribution >= 0.6 is 11.6 Å². The summed E-state index contributed by atoms with van der Waals surface area (Å²) in [5.74, 6) is 1.06. The lowest BCUT2D eigenvalue weighted by Crippen LogP contribution is -2.25.